The molecule has 0 aliphatic rings. The highest BCUT2D eigenvalue weighted by atomic mass is 16.2. The smallest absolute Gasteiger partial charge is 0.312 e. The van der Waals surface area contributed by atoms with Gasteiger partial charge >= 0.3 is 5.69 Å². The second-order valence-electron chi connectivity index (χ2n) is 4.91. The van der Waals surface area contributed by atoms with E-state index in [1.807, 2.05) is 4.98 Å². The Hall–Kier alpha value is -4.19. The lowest BCUT2D eigenvalue weighted by Gasteiger charge is -2.16. The van der Waals surface area contributed by atoms with E-state index < -0.39 is 16.8 Å². The highest BCUT2D eigenvalue weighted by Crippen LogP contribution is 2.18. The third kappa shape index (κ3) is 2.94. The summed E-state index contributed by atoms with van der Waals surface area (Å²) in [5, 5.41) is 3.41. The van der Waals surface area contributed by atoms with Gasteiger partial charge in [0.15, 0.2) is 17.1 Å². The van der Waals surface area contributed by atoms with Gasteiger partial charge in [-0.05, 0) is 10.6 Å². The Morgan fingerprint density at radius 3 is 2.81 bits per heavy atom. The molecule has 26 heavy (non-hydrogen) atoms. The normalized spacial score (nSPS) is 10.5. The first kappa shape index (κ1) is 16.7. The number of carbonyl (C=O) groups is 1. The maximum atomic E-state index is 11.8. The number of azide groups is 1. The van der Waals surface area contributed by atoms with E-state index in [4.69, 9.17) is 5.53 Å². The van der Waals surface area contributed by atoms with Crippen molar-refractivity contribution in [2.75, 3.05) is 11.4 Å². The van der Waals surface area contributed by atoms with Crippen LogP contribution >= 0.6 is 0 Å². The molecule has 0 bridgehead atoms. The van der Waals surface area contributed by atoms with Gasteiger partial charge in [0.05, 0.1) is 6.33 Å². The number of aromatic amines is 3. The van der Waals surface area contributed by atoms with Crippen LogP contribution in [0.25, 0.3) is 21.6 Å². The number of fused-ring (bicyclic) bond motifs is 1. The molecular weight excluding hydrogens is 348 g/mol. The standard InChI is InChI=1S/C12H10N10O4/c13-20-19-11-17-7-8(15-4-16-10(7)25)22(11)2-1-21(5-23)6-3-14-12(26)18-9(6)24/h3-5H,1-2H2,(H,15,16,25)(H2,14,18,24,26). The summed E-state index contributed by atoms with van der Waals surface area (Å²) < 4.78 is 1.33. The lowest BCUT2D eigenvalue weighted by atomic mass is 10.4. The molecule has 0 spiro atoms. The molecule has 0 aliphatic heterocycles. The molecule has 1 amide bonds. The molecule has 0 aromatic carbocycles. The summed E-state index contributed by atoms with van der Waals surface area (Å²) in [5.74, 6) is -0.118. The van der Waals surface area contributed by atoms with Crippen LogP contribution in [0.1, 0.15) is 0 Å². The molecule has 0 saturated carbocycles. The molecule has 3 N–H and O–H groups in total. The molecule has 3 rings (SSSR count). The Bertz CT molecular complexity index is 1190. The lowest BCUT2D eigenvalue weighted by Crippen LogP contribution is -2.33. The first-order chi connectivity index (χ1) is 12.5. The number of rotatable bonds is 6. The fourth-order valence-corrected chi connectivity index (χ4v) is 2.31. The fourth-order valence-electron chi connectivity index (χ4n) is 2.31. The zero-order valence-electron chi connectivity index (χ0n) is 12.9. The zero-order valence-corrected chi connectivity index (χ0v) is 12.9. The van der Waals surface area contributed by atoms with Crippen molar-refractivity contribution in [2.45, 2.75) is 6.54 Å². The Kier molecular flexibility index (Phi) is 4.32. The van der Waals surface area contributed by atoms with Crippen LogP contribution in [0.4, 0.5) is 11.6 Å². The van der Waals surface area contributed by atoms with Crippen LogP contribution in [0.15, 0.2) is 32.0 Å². The lowest BCUT2D eigenvalue weighted by molar-refractivity contribution is -0.107. The van der Waals surface area contributed by atoms with Crippen molar-refractivity contribution in [3.05, 3.63) is 54.2 Å². The van der Waals surface area contributed by atoms with E-state index in [-0.39, 0.29) is 35.9 Å². The van der Waals surface area contributed by atoms with E-state index in [0.29, 0.717) is 6.41 Å². The molecule has 0 atom stereocenters. The van der Waals surface area contributed by atoms with Crippen LogP contribution in [-0.4, -0.2) is 42.4 Å². The largest absolute Gasteiger partial charge is 0.325 e. The van der Waals surface area contributed by atoms with Crippen molar-refractivity contribution >= 4 is 29.2 Å². The summed E-state index contributed by atoms with van der Waals surface area (Å²) in [6, 6.07) is 0. The minimum atomic E-state index is -0.749. The summed E-state index contributed by atoms with van der Waals surface area (Å²) >= 11 is 0. The van der Waals surface area contributed by atoms with Crippen molar-refractivity contribution in [1.29, 1.82) is 0 Å². The molecular formula is C12H10N10O4. The van der Waals surface area contributed by atoms with Gasteiger partial charge in [-0.25, -0.2) is 14.8 Å². The van der Waals surface area contributed by atoms with Crippen LogP contribution in [0.5, 0.6) is 0 Å². The number of H-pyrrole nitrogens is 3. The predicted molar refractivity (Wildman–Crippen MR) is 88.0 cm³/mol. The van der Waals surface area contributed by atoms with Gasteiger partial charge in [-0.2, -0.15) is 0 Å². The number of hydrogen-bond donors (Lipinski definition) is 3. The quantitative estimate of drug-likeness (QED) is 0.220. The van der Waals surface area contributed by atoms with E-state index in [2.05, 4.69) is 30.0 Å². The summed E-state index contributed by atoms with van der Waals surface area (Å²) in [6.45, 7) is -0.0366. The first-order valence-corrected chi connectivity index (χ1v) is 7.08. The van der Waals surface area contributed by atoms with E-state index >= 15 is 0 Å². The molecule has 3 aromatic heterocycles. The maximum absolute atomic E-state index is 11.8. The highest BCUT2D eigenvalue weighted by Gasteiger charge is 2.16. The number of carbonyl (C=O) groups excluding carboxylic acids is 1. The molecule has 0 fully saturated rings. The average Bonchev–Trinajstić information content (AvgIpc) is 2.96. The number of hydrogen-bond acceptors (Lipinski definition) is 7. The number of nitrogens with one attached hydrogen (secondary N) is 3. The fraction of sp³-hybridized carbons (Fsp3) is 0.167. The van der Waals surface area contributed by atoms with Crippen LogP contribution in [0.3, 0.4) is 0 Å². The Morgan fingerprint density at radius 1 is 1.31 bits per heavy atom. The number of imidazole rings is 1. The van der Waals surface area contributed by atoms with E-state index in [9.17, 15) is 19.2 Å². The van der Waals surface area contributed by atoms with Gasteiger partial charge in [0, 0.05) is 24.2 Å². The third-order valence-corrected chi connectivity index (χ3v) is 3.45. The second-order valence-corrected chi connectivity index (χ2v) is 4.91. The van der Waals surface area contributed by atoms with E-state index in [0.717, 1.165) is 17.4 Å². The summed E-state index contributed by atoms with van der Waals surface area (Å²) in [6.07, 6.45) is 2.65. The van der Waals surface area contributed by atoms with Crippen molar-refractivity contribution in [3.8, 4) is 0 Å². The molecule has 14 heteroatoms. The zero-order chi connectivity index (χ0) is 18.7. The van der Waals surface area contributed by atoms with Crippen molar-refractivity contribution in [3.63, 3.8) is 0 Å². The van der Waals surface area contributed by atoms with Gasteiger partial charge in [0.2, 0.25) is 6.41 Å². The van der Waals surface area contributed by atoms with E-state index in [1.54, 1.807) is 0 Å². The van der Waals surface area contributed by atoms with Gasteiger partial charge in [-0.1, -0.05) is 0 Å². The number of aromatic nitrogens is 6. The van der Waals surface area contributed by atoms with Gasteiger partial charge in [0.1, 0.15) is 5.69 Å². The summed E-state index contributed by atoms with van der Waals surface area (Å²) in [4.78, 5) is 64.2. The minimum Gasteiger partial charge on any atom is -0.312 e. The SMILES string of the molecule is [N-]=[N+]=Nc1nc2c(=O)[nH]cnc2n1CCN(C=O)c1c[nH]c(=O)[nH]c1=O. The van der Waals surface area contributed by atoms with Crippen LogP contribution in [0.2, 0.25) is 0 Å². The van der Waals surface area contributed by atoms with Crippen molar-refractivity contribution in [1.82, 2.24) is 29.5 Å². The monoisotopic (exact) mass is 358 g/mol. The number of nitrogens with zero attached hydrogens (tertiary/aromatic N) is 7. The van der Waals surface area contributed by atoms with E-state index in [1.165, 1.54) is 4.57 Å². The molecule has 3 aromatic rings. The maximum Gasteiger partial charge on any atom is 0.325 e. The molecule has 0 radical (unpaired) electrons. The van der Waals surface area contributed by atoms with Gasteiger partial charge < -0.3 is 19.4 Å². The number of amides is 1. The molecule has 0 unspecified atom stereocenters. The van der Waals surface area contributed by atoms with Crippen molar-refractivity contribution in [2.24, 2.45) is 5.11 Å². The number of anilines is 1. The van der Waals surface area contributed by atoms with Crippen LogP contribution in [0, 0.1) is 0 Å². The Labute approximate surface area is 141 Å². The molecule has 0 saturated heterocycles. The van der Waals surface area contributed by atoms with Crippen LogP contribution in [-0.2, 0) is 11.3 Å². The topological polar surface area (TPSA) is 198 Å². The molecule has 3 heterocycles. The Morgan fingerprint density at radius 2 is 2.12 bits per heavy atom. The second kappa shape index (κ2) is 6.74. The molecule has 132 valence electrons. The minimum absolute atomic E-state index is 0.0125. The summed E-state index contributed by atoms with van der Waals surface area (Å²) in [7, 11) is 0. The van der Waals surface area contributed by atoms with Gasteiger partial charge in [0.25, 0.3) is 11.1 Å². The average molecular weight is 358 g/mol. The molecule has 0 aliphatic carbocycles. The van der Waals surface area contributed by atoms with Gasteiger partial charge in [-0.15, -0.1) is 0 Å². The van der Waals surface area contributed by atoms with Gasteiger partial charge in [-0.3, -0.25) is 19.4 Å². The highest BCUT2D eigenvalue weighted by molar-refractivity contribution is 5.74. The first-order valence-electron chi connectivity index (χ1n) is 7.08. The summed E-state index contributed by atoms with van der Waals surface area (Å²) in [5.41, 5.74) is 6.71. The predicted octanol–water partition coefficient (Wildman–Crippen LogP) is -0.899. The molecule has 14 nitrogen and oxygen atoms in total. The Balaban J connectivity index is 1.99. The van der Waals surface area contributed by atoms with Crippen LogP contribution < -0.4 is 21.7 Å². The van der Waals surface area contributed by atoms with Crippen molar-refractivity contribution < 1.29 is 4.79 Å². The third-order valence-electron chi connectivity index (χ3n) is 3.45.